The van der Waals surface area contributed by atoms with Crippen molar-refractivity contribution in [1.82, 2.24) is 0 Å². The molecule has 0 N–H and O–H groups in total. The van der Waals surface area contributed by atoms with Gasteiger partial charge < -0.3 is 4.74 Å². The molecule has 2 aromatic rings. The van der Waals surface area contributed by atoms with Gasteiger partial charge in [-0.3, -0.25) is 0 Å². The van der Waals surface area contributed by atoms with Gasteiger partial charge in [0.05, 0.1) is 0 Å². The summed E-state index contributed by atoms with van der Waals surface area (Å²) in [6.45, 7) is 0. The van der Waals surface area contributed by atoms with Crippen LogP contribution in [-0.2, 0) is 17.4 Å². The smallest absolute Gasteiger partial charge is 0.127 e. The molecule has 0 amide bonds. The second-order valence-electron chi connectivity index (χ2n) is 2.73. The molecule has 0 unspecified atom stereocenters. The van der Waals surface area contributed by atoms with Crippen LogP contribution in [0.4, 0.5) is 0 Å². The van der Waals surface area contributed by atoms with Crippen molar-refractivity contribution in [1.29, 1.82) is 0 Å². The van der Waals surface area contributed by atoms with Gasteiger partial charge in [-0.05, 0) is 24.3 Å². The molecule has 0 spiro atoms. The van der Waals surface area contributed by atoms with Crippen molar-refractivity contribution in [2.45, 2.75) is 0 Å². The summed E-state index contributed by atoms with van der Waals surface area (Å²) < 4.78 is 5.58. The third-order valence-corrected chi connectivity index (χ3v) is 1.72. The maximum atomic E-state index is 5.58. The predicted molar refractivity (Wildman–Crippen MR) is 53.0 cm³/mol. The van der Waals surface area contributed by atoms with E-state index < -0.39 is 0 Å². The Morgan fingerprint density at radius 1 is 0.571 bits per heavy atom. The van der Waals surface area contributed by atoms with E-state index in [1.165, 1.54) is 0 Å². The maximum absolute atomic E-state index is 5.58. The number of hydrogen-bond acceptors (Lipinski definition) is 1. The van der Waals surface area contributed by atoms with Gasteiger partial charge in [-0.15, -0.1) is 0 Å². The van der Waals surface area contributed by atoms with E-state index in [9.17, 15) is 0 Å². The Bertz CT molecular complexity index is 321. The molecule has 0 heterocycles. The molecule has 2 heteroatoms. The van der Waals surface area contributed by atoms with Gasteiger partial charge in [0.2, 0.25) is 0 Å². The van der Waals surface area contributed by atoms with Gasteiger partial charge >= 0.3 is 0 Å². The van der Waals surface area contributed by atoms with Crippen LogP contribution in [0.15, 0.2) is 60.7 Å². The normalized spacial score (nSPS) is 8.86. The molecule has 0 atom stereocenters. The fourth-order valence-electron chi connectivity index (χ4n) is 1.11. The van der Waals surface area contributed by atoms with Crippen LogP contribution in [0.25, 0.3) is 0 Å². The first-order valence-electron chi connectivity index (χ1n) is 4.23. The number of benzene rings is 2. The van der Waals surface area contributed by atoms with Gasteiger partial charge in [0.25, 0.3) is 0 Å². The Balaban J connectivity index is 0.000000980. The van der Waals surface area contributed by atoms with Crippen LogP contribution in [0.2, 0.25) is 0 Å². The van der Waals surface area contributed by atoms with Crippen molar-refractivity contribution < 1.29 is 22.1 Å². The molecule has 0 aliphatic rings. The molecule has 14 heavy (non-hydrogen) atoms. The maximum Gasteiger partial charge on any atom is 0.127 e. The fraction of sp³-hybridized carbons (Fsp3) is 0. The van der Waals surface area contributed by atoms with Gasteiger partial charge in [0.15, 0.2) is 0 Å². The molecule has 0 aliphatic heterocycles. The van der Waals surface area contributed by atoms with Gasteiger partial charge in [-0.2, -0.15) is 0 Å². The van der Waals surface area contributed by atoms with Crippen LogP contribution in [-0.4, -0.2) is 0 Å². The molecule has 2 aromatic carbocycles. The number of hydrogen-bond donors (Lipinski definition) is 0. The Morgan fingerprint density at radius 2 is 0.929 bits per heavy atom. The zero-order valence-corrected chi connectivity index (χ0v) is 8.87. The monoisotopic (exact) mass is 222 g/mol. The van der Waals surface area contributed by atoms with E-state index in [2.05, 4.69) is 0 Å². The van der Waals surface area contributed by atoms with Crippen molar-refractivity contribution in [3.05, 3.63) is 60.7 Å². The van der Waals surface area contributed by atoms with Crippen molar-refractivity contribution in [2.75, 3.05) is 0 Å². The largest absolute Gasteiger partial charge is 0.457 e. The summed E-state index contributed by atoms with van der Waals surface area (Å²) in [6, 6.07) is 19.5. The molecule has 1 nitrogen and oxygen atoms in total. The summed E-state index contributed by atoms with van der Waals surface area (Å²) in [5, 5.41) is 0. The van der Waals surface area contributed by atoms with Gasteiger partial charge in [0.1, 0.15) is 11.5 Å². The molecule has 0 aromatic heterocycles. The Labute approximate surface area is 94.5 Å². The summed E-state index contributed by atoms with van der Waals surface area (Å²) in [6.07, 6.45) is 0. The summed E-state index contributed by atoms with van der Waals surface area (Å²) in [7, 11) is 0. The molecule has 70 valence electrons. The summed E-state index contributed by atoms with van der Waals surface area (Å²) >= 11 is 0. The van der Waals surface area contributed by atoms with Crippen molar-refractivity contribution >= 4 is 0 Å². The van der Waals surface area contributed by atoms with E-state index in [0.29, 0.717) is 0 Å². The van der Waals surface area contributed by atoms with E-state index in [1.807, 2.05) is 60.7 Å². The molecular weight excluding hydrogens is 212 g/mol. The molecule has 0 radical (unpaired) electrons. The predicted octanol–water partition coefficient (Wildman–Crippen LogP) is 3.48. The molecular formula is C12H10CrO. The molecule has 2 rings (SSSR count). The average molecular weight is 222 g/mol. The fourth-order valence-corrected chi connectivity index (χ4v) is 1.11. The van der Waals surface area contributed by atoms with Crippen LogP contribution in [0.1, 0.15) is 0 Å². The van der Waals surface area contributed by atoms with E-state index >= 15 is 0 Å². The molecule has 0 bridgehead atoms. The van der Waals surface area contributed by atoms with Crippen molar-refractivity contribution in [2.24, 2.45) is 0 Å². The number of rotatable bonds is 2. The Morgan fingerprint density at radius 3 is 1.29 bits per heavy atom. The second kappa shape index (κ2) is 5.49. The minimum absolute atomic E-state index is 0. The Kier molecular flexibility index (Phi) is 4.26. The molecule has 0 aliphatic carbocycles. The first kappa shape index (κ1) is 10.9. The third-order valence-electron chi connectivity index (χ3n) is 1.72. The van der Waals surface area contributed by atoms with E-state index in [1.54, 1.807) is 0 Å². The molecule has 0 fully saturated rings. The van der Waals surface area contributed by atoms with Crippen LogP contribution in [0.5, 0.6) is 11.5 Å². The SMILES string of the molecule is [Cr].c1ccc(Oc2ccccc2)cc1. The summed E-state index contributed by atoms with van der Waals surface area (Å²) in [5.41, 5.74) is 0. The van der Waals surface area contributed by atoms with Crippen molar-refractivity contribution in [3.8, 4) is 11.5 Å². The molecule has 0 saturated carbocycles. The topological polar surface area (TPSA) is 9.23 Å². The third kappa shape index (κ3) is 2.92. The zero-order valence-electron chi connectivity index (χ0n) is 7.59. The van der Waals surface area contributed by atoms with Crippen LogP contribution >= 0.6 is 0 Å². The van der Waals surface area contributed by atoms with E-state index in [-0.39, 0.29) is 17.4 Å². The molecule has 0 saturated heterocycles. The summed E-state index contributed by atoms with van der Waals surface area (Å²) in [5.74, 6) is 1.74. The van der Waals surface area contributed by atoms with Crippen LogP contribution < -0.4 is 4.74 Å². The summed E-state index contributed by atoms with van der Waals surface area (Å²) in [4.78, 5) is 0. The van der Waals surface area contributed by atoms with E-state index in [0.717, 1.165) is 11.5 Å². The zero-order chi connectivity index (χ0) is 8.93. The van der Waals surface area contributed by atoms with E-state index in [4.69, 9.17) is 4.74 Å². The minimum atomic E-state index is 0. The minimum Gasteiger partial charge on any atom is -0.457 e. The van der Waals surface area contributed by atoms with Crippen LogP contribution in [0, 0.1) is 0 Å². The second-order valence-corrected chi connectivity index (χ2v) is 2.73. The number of ether oxygens (including phenoxy) is 1. The number of para-hydroxylation sites is 2. The van der Waals surface area contributed by atoms with Crippen molar-refractivity contribution in [3.63, 3.8) is 0 Å². The Hall–Kier alpha value is -1.23. The van der Waals surface area contributed by atoms with Gasteiger partial charge in [-0.1, -0.05) is 36.4 Å². The van der Waals surface area contributed by atoms with Gasteiger partial charge in [-0.25, -0.2) is 0 Å². The first-order chi connectivity index (χ1) is 6.45. The van der Waals surface area contributed by atoms with Crippen LogP contribution in [0.3, 0.4) is 0 Å². The standard InChI is InChI=1S/C12H10O.Cr/c1-3-7-11(8-4-1)13-12-9-5-2-6-10-12;/h1-10H;. The van der Waals surface area contributed by atoms with Gasteiger partial charge in [0, 0.05) is 17.4 Å². The average Bonchev–Trinajstić information content (AvgIpc) is 2.21. The quantitative estimate of drug-likeness (QED) is 0.755. The first-order valence-corrected chi connectivity index (χ1v) is 4.23.